The highest BCUT2D eigenvalue weighted by molar-refractivity contribution is 5.47. The Bertz CT molecular complexity index is 562. The van der Waals surface area contributed by atoms with Crippen LogP contribution in [0.15, 0.2) is 48.5 Å². The average Bonchev–Trinajstić information content (AvgIpc) is 2.49. The van der Waals surface area contributed by atoms with Crippen LogP contribution in [0.3, 0.4) is 0 Å². The molecule has 0 aliphatic rings. The molecular weight excluding hydrogens is 258 g/mol. The molecule has 0 bridgehead atoms. The minimum atomic E-state index is -0.398. The van der Waals surface area contributed by atoms with Crippen LogP contribution in [-0.4, -0.2) is 18.2 Å². The standard InChI is InChI=1S/C19H25NO/c1-4-20(17-11-9-15(2)10-12-17)14-13-19(21)18-8-6-5-7-16(18)3/h5-12,19,21H,4,13-14H2,1-3H3. The third-order valence-corrected chi connectivity index (χ3v) is 4.00. The molecule has 21 heavy (non-hydrogen) atoms. The minimum Gasteiger partial charge on any atom is -0.388 e. The first-order chi connectivity index (χ1) is 10.1. The Balaban J connectivity index is 2.00. The van der Waals surface area contributed by atoms with E-state index in [-0.39, 0.29) is 0 Å². The molecule has 1 atom stereocenters. The van der Waals surface area contributed by atoms with Gasteiger partial charge in [0.1, 0.15) is 0 Å². The lowest BCUT2D eigenvalue weighted by atomic mass is 10.0. The van der Waals surface area contributed by atoms with Gasteiger partial charge < -0.3 is 10.0 Å². The van der Waals surface area contributed by atoms with E-state index in [0.29, 0.717) is 0 Å². The third kappa shape index (κ3) is 4.08. The van der Waals surface area contributed by atoms with E-state index in [9.17, 15) is 5.11 Å². The van der Waals surface area contributed by atoms with Gasteiger partial charge in [-0.1, -0.05) is 42.0 Å². The van der Waals surface area contributed by atoms with Crippen molar-refractivity contribution in [2.45, 2.75) is 33.3 Å². The highest BCUT2D eigenvalue weighted by Gasteiger charge is 2.12. The van der Waals surface area contributed by atoms with Crippen LogP contribution in [0.25, 0.3) is 0 Å². The molecule has 2 rings (SSSR count). The molecule has 0 heterocycles. The zero-order valence-corrected chi connectivity index (χ0v) is 13.2. The summed E-state index contributed by atoms with van der Waals surface area (Å²) < 4.78 is 0. The van der Waals surface area contributed by atoms with Gasteiger partial charge in [0.15, 0.2) is 0 Å². The van der Waals surface area contributed by atoms with E-state index in [1.54, 1.807) is 0 Å². The molecule has 0 radical (unpaired) electrons. The van der Waals surface area contributed by atoms with Gasteiger partial charge in [-0.3, -0.25) is 0 Å². The maximum atomic E-state index is 10.4. The highest BCUT2D eigenvalue weighted by Crippen LogP contribution is 2.22. The summed E-state index contributed by atoms with van der Waals surface area (Å²) in [7, 11) is 0. The molecule has 0 aliphatic heterocycles. The number of hydrogen-bond acceptors (Lipinski definition) is 2. The van der Waals surface area contributed by atoms with Crippen molar-refractivity contribution in [2.24, 2.45) is 0 Å². The fourth-order valence-electron chi connectivity index (χ4n) is 2.62. The first kappa shape index (κ1) is 15.6. The molecule has 2 aromatic rings. The van der Waals surface area contributed by atoms with Gasteiger partial charge >= 0.3 is 0 Å². The van der Waals surface area contributed by atoms with Gasteiger partial charge in [-0.2, -0.15) is 0 Å². The molecule has 0 aliphatic carbocycles. The van der Waals surface area contributed by atoms with Gasteiger partial charge in [0.05, 0.1) is 6.10 Å². The Morgan fingerprint density at radius 1 is 1.00 bits per heavy atom. The van der Waals surface area contributed by atoms with E-state index in [1.165, 1.54) is 11.3 Å². The number of benzene rings is 2. The van der Waals surface area contributed by atoms with Crippen molar-refractivity contribution < 1.29 is 5.11 Å². The summed E-state index contributed by atoms with van der Waals surface area (Å²) in [6.45, 7) is 8.11. The van der Waals surface area contributed by atoms with E-state index < -0.39 is 6.10 Å². The minimum absolute atomic E-state index is 0.398. The van der Waals surface area contributed by atoms with Gasteiger partial charge in [0, 0.05) is 18.8 Å². The molecule has 2 heteroatoms. The number of aliphatic hydroxyl groups is 1. The van der Waals surface area contributed by atoms with Crippen LogP contribution in [0.5, 0.6) is 0 Å². The van der Waals surface area contributed by atoms with Crippen molar-refractivity contribution in [2.75, 3.05) is 18.0 Å². The predicted molar refractivity (Wildman–Crippen MR) is 89.8 cm³/mol. The van der Waals surface area contributed by atoms with Gasteiger partial charge in [0.25, 0.3) is 0 Å². The van der Waals surface area contributed by atoms with Crippen molar-refractivity contribution in [3.63, 3.8) is 0 Å². The maximum absolute atomic E-state index is 10.4. The largest absolute Gasteiger partial charge is 0.388 e. The number of hydrogen-bond donors (Lipinski definition) is 1. The Labute approximate surface area is 128 Å². The molecule has 0 spiro atoms. The SMILES string of the molecule is CCN(CCC(O)c1ccccc1C)c1ccc(C)cc1. The summed E-state index contributed by atoms with van der Waals surface area (Å²) in [6.07, 6.45) is 0.345. The second-order valence-corrected chi connectivity index (χ2v) is 5.58. The first-order valence-electron chi connectivity index (χ1n) is 7.67. The Hall–Kier alpha value is -1.80. The number of rotatable bonds is 6. The second kappa shape index (κ2) is 7.28. The molecule has 0 saturated heterocycles. The number of aliphatic hydroxyl groups excluding tert-OH is 1. The number of aryl methyl sites for hydroxylation is 2. The lowest BCUT2D eigenvalue weighted by molar-refractivity contribution is 0.169. The van der Waals surface area contributed by atoms with Crippen LogP contribution in [0.1, 0.15) is 36.1 Å². The molecule has 1 unspecified atom stereocenters. The quantitative estimate of drug-likeness (QED) is 0.856. The smallest absolute Gasteiger partial charge is 0.0809 e. The topological polar surface area (TPSA) is 23.5 Å². The zero-order valence-electron chi connectivity index (χ0n) is 13.2. The van der Waals surface area contributed by atoms with Crippen LogP contribution < -0.4 is 4.90 Å². The van der Waals surface area contributed by atoms with Gasteiger partial charge in [0.2, 0.25) is 0 Å². The lowest BCUT2D eigenvalue weighted by Crippen LogP contribution is -2.25. The van der Waals surface area contributed by atoms with Gasteiger partial charge in [-0.05, 0) is 50.5 Å². The second-order valence-electron chi connectivity index (χ2n) is 5.58. The monoisotopic (exact) mass is 283 g/mol. The summed E-state index contributed by atoms with van der Waals surface area (Å²) in [5.74, 6) is 0. The third-order valence-electron chi connectivity index (χ3n) is 4.00. The maximum Gasteiger partial charge on any atom is 0.0809 e. The Morgan fingerprint density at radius 2 is 1.67 bits per heavy atom. The highest BCUT2D eigenvalue weighted by atomic mass is 16.3. The molecule has 0 amide bonds. The van der Waals surface area contributed by atoms with E-state index in [0.717, 1.165) is 30.6 Å². The summed E-state index contributed by atoms with van der Waals surface area (Å²) in [4.78, 5) is 2.31. The lowest BCUT2D eigenvalue weighted by Gasteiger charge is -2.25. The van der Waals surface area contributed by atoms with Crippen molar-refractivity contribution in [1.82, 2.24) is 0 Å². The molecule has 0 fully saturated rings. The first-order valence-corrected chi connectivity index (χ1v) is 7.67. The van der Waals surface area contributed by atoms with Crippen LogP contribution >= 0.6 is 0 Å². The summed E-state index contributed by atoms with van der Waals surface area (Å²) in [6, 6.07) is 16.6. The van der Waals surface area contributed by atoms with Gasteiger partial charge in [-0.25, -0.2) is 0 Å². The van der Waals surface area contributed by atoms with Crippen LogP contribution in [0.4, 0.5) is 5.69 Å². The summed E-state index contributed by atoms with van der Waals surface area (Å²) in [5.41, 5.74) is 4.69. The Morgan fingerprint density at radius 3 is 2.29 bits per heavy atom. The van der Waals surface area contributed by atoms with Crippen LogP contribution in [0, 0.1) is 13.8 Å². The van der Waals surface area contributed by atoms with Crippen molar-refractivity contribution in [3.05, 3.63) is 65.2 Å². The zero-order chi connectivity index (χ0) is 15.2. The fraction of sp³-hybridized carbons (Fsp3) is 0.368. The van der Waals surface area contributed by atoms with E-state index in [2.05, 4.69) is 56.0 Å². The average molecular weight is 283 g/mol. The van der Waals surface area contributed by atoms with E-state index in [1.807, 2.05) is 18.2 Å². The molecule has 112 valence electrons. The fourth-order valence-corrected chi connectivity index (χ4v) is 2.62. The van der Waals surface area contributed by atoms with Crippen LogP contribution in [-0.2, 0) is 0 Å². The van der Waals surface area contributed by atoms with Crippen molar-refractivity contribution in [3.8, 4) is 0 Å². The molecule has 0 saturated carbocycles. The van der Waals surface area contributed by atoms with Crippen molar-refractivity contribution in [1.29, 1.82) is 0 Å². The summed E-state index contributed by atoms with van der Waals surface area (Å²) in [5, 5.41) is 10.4. The van der Waals surface area contributed by atoms with Crippen LogP contribution in [0.2, 0.25) is 0 Å². The molecule has 2 aromatic carbocycles. The van der Waals surface area contributed by atoms with E-state index >= 15 is 0 Å². The van der Waals surface area contributed by atoms with E-state index in [4.69, 9.17) is 0 Å². The number of anilines is 1. The van der Waals surface area contributed by atoms with Crippen molar-refractivity contribution >= 4 is 5.69 Å². The predicted octanol–water partition coefficient (Wildman–Crippen LogP) is 4.25. The molecule has 1 N–H and O–H groups in total. The Kier molecular flexibility index (Phi) is 5.40. The normalized spacial score (nSPS) is 12.2. The number of nitrogens with zero attached hydrogens (tertiary/aromatic N) is 1. The molecule has 2 nitrogen and oxygen atoms in total. The summed E-state index contributed by atoms with van der Waals surface area (Å²) >= 11 is 0. The molecular formula is C19H25NO. The van der Waals surface area contributed by atoms with Gasteiger partial charge in [-0.15, -0.1) is 0 Å². The molecule has 0 aromatic heterocycles.